The SMILES string of the molecule is Cc1cccc(NC(=O)CCn2nc(C(F)(F)F)c(Br)c2C2CC2)c1C. The molecule has 26 heavy (non-hydrogen) atoms. The van der Waals surface area contributed by atoms with E-state index in [1.54, 1.807) is 0 Å². The summed E-state index contributed by atoms with van der Waals surface area (Å²) in [5, 5.41) is 6.54. The molecule has 1 aromatic carbocycles. The van der Waals surface area contributed by atoms with Gasteiger partial charge in [0.25, 0.3) is 0 Å². The van der Waals surface area contributed by atoms with Crippen LogP contribution >= 0.6 is 15.9 Å². The van der Waals surface area contributed by atoms with Gasteiger partial charge in [0.05, 0.1) is 16.7 Å². The van der Waals surface area contributed by atoms with Gasteiger partial charge in [-0.3, -0.25) is 9.48 Å². The van der Waals surface area contributed by atoms with Gasteiger partial charge >= 0.3 is 6.18 Å². The van der Waals surface area contributed by atoms with Gasteiger partial charge in [-0.1, -0.05) is 12.1 Å². The van der Waals surface area contributed by atoms with E-state index in [1.807, 2.05) is 32.0 Å². The third-order valence-corrected chi connectivity index (χ3v) is 5.38. The molecule has 1 aliphatic rings. The van der Waals surface area contributed by atoms with E-state index in [0.29, 0.717) is 5.69 Å². The van der Waals surface area contributed by atoms with Crippen molar-refractivity contribution in [2.24, 2.45) is 0 Å². The average molecular weight is 430 g/mol. The molecule has 1 heterocycles. The number of halogens is 4. The Labute approximate surface area is 157 Å². The summed E-state index contributed by atoms with van der Waals surface area (Å²) in [6.45, 7) is 3.97. The zero-order valence-corrected chi connectivity index (χ0v) is 16.0. The van der Waals surface area contributed by atoms with Crippen LogP contribution in [0.15, 0.2) is 22.7 Å². The third-order valence-electron chi connectivity index (χ3n) is 4.59. The van der Waals surface area contributed by atoms with Gasteiger partial charge in [-0.15, -0.1) is 0 Å². The molecule has 1 aromatic heterocycles. The fourth-order valence-electron chi connectivity index (χ4n) is 2.86. The second-order valence-corrected chi connectivity index (χ2v) is 7.38. The van der Waals surface area contributed by atoms with Crippen molar-refractivity contribution < 1.29 is 18.0 Å². The molecule has 1 fully saturated rings. The lowest BCUT2D eigenvalue weighted by Crippen LogP contribution is -2.17. The molecule has 2 aromatic rings. The van der Waals surface area contributed by atoms with Crippen LogP contribution in [0.2, 0.25) is 0 Å². The fraction of sp³-hybridized carbons (Fsp3) is 0.444. The van der Waals surface area contributed by atoms with E-state index in [0.717, 1.165) is 29.7 Å². The number of carbonyl (C=O) groups excluding carboxylic acids is 1. The first kappa shape index (κ1) is 18.9. The Morgan fingerprint density at radius 2 is 2.04 bits per heavy atom. The quantitative estimate of drug-likeness (QED) is 0.710. The molecule has 8 heteroatoms. The second-order valence-electron chi connectivity index (χ2n) is 6.59. The average Bonchev–Trinajstić information content (AvgIpc) is 3.32. The number of aryl methyl sites for hydroxylation is 2. The van der Waals surface area contributed by atoms with E-state index in [9.17, 15) is 18.0 Å². The lowest BCUT2D eigenvalue weighted by molar-refractivity contribution is -0.142. The van der Waals surface area contributed by atoms with Crippen molar-refractivity contribution in [3.63, 3.8) is 0 Å². The molecule has 0 aliphatic heterocycles. The van der Waals surface area contributed by atoms with Crippen LogP contribution in [-0.2, 0) is 17.5 Å². The highest BCUT2D eigenvalue weighted by Gasteiger charge is 2.41. The first-order chi connectivity index (χ1) is 12.2. The van der Waals surface area contributed by atoms with E-state index >= 15 is 0 Å². The van der Waals surface area contributed by atoms with Crippen molar-refractivity contribution in [3.05, 3.63) is 45.2 Å². The van der Waals surface area contributed by atoms with Crippen LogP contribution in [0.4, 0.5) is 18.9 Å². The molecular weight excluding hydrogens is 411 g/mol. The largest absolute Gasteiger partial charge is 0.436 e. The summed E-state index contributed by atoms with van der Waals surface area (Å²) in [5.41, 5.74) is 2.37. The van der Waals surface area contributed by atoms with Gasteiger partial charge in [-0.2, -0.15) is 18.3 Å². The monoisotopic (exact) mass is 429 g/mol. The Balaban J connectivity index is 1.73. The predicted molar refractivity (Wildman–Crippen MR) is 96.1 cm³/mol. The third kappa shape index (κ3) is 3.95. The van der Waals surface area contributed by atoms with Gasteiger partial charge in [-0.25, -0.2) is 0 Å². The summed E-state index contributed by atoms with van der Waals surface area (Å²) < 4.78 is 40.7. The van der Waals surface area contributed by atoms with Crippen LogP contribution in [0, 0.1) is 13.8 Å². The molecule has 1 aliphatic carbocycles. The number of amides is 1. The summed E-state index contributed by atoms with van der Waals surface area (Å²) >= 11 is 3.05. The number of nitrogens with one attached hydrogen (secondary N) is 1. The van der Waals surface area contributed by atoms with Crippen molar-refractivity contribution in [1.29, 1.82) is 0 Å². The highest BCUT2D eigenvalue weighted by atomic mass is 79.9. The number of anilines is 1. The smallest absolute Gasteiger partial charge is 0.326 e. The first-order valence-electron chi connectivity index (χ1n) is 8.38. The van der Waals surface area contributed by atoms with Crippen LogP contribution in [0.5, 0.6) is 0 Å². The molecule has 1 N–H and O–H groups in total. The van der Waals surface area contributed by atoms with E-state index in [-0.39, 0.29) is 29.3 Å². The van der Waals surface area contributed by atoms with Crippen molar-refractivity contribution in [2.75, 3.05) is 5.32 Å². The lowest BCUT2D eigenvalue weighted by Gasteiger charge is -2.11. The molecule has 0 saturated heterocycles. The minimum absolute atomic E-state index is 0.00226. The Bertz CT molecular complexity index is 841. The van der Waals surface area contributed by atoms with Gasteiger partial charge in [0.15, 0.2) is 5.69 Å². The molecule has 3 rings (SSSR count). The van der Waals surface area contributed by atoms with Gasteiger partial charge in [0, 0.05) is 18.0 Å². The molecule has 0 bridgehead atoms. The number of benzene rings is 1. The van der Waals surface area contributed by atoms with E-state index in [4.69, 9.17) is 0 Å². The number of hydrogen-bond donors (Lipinski definition) is 1. The fourth-order valence-corrected chi connectivity index (χ4v) is 3.69. The van der Waals surface area contributed by atoms with E-state index < -0.39 is 11.9 Å². The molecule has 0 unspecified atom stereocenters. The zero-order valence-electron chi connectivity index (χ0n) is 14.5. The van der Waals surface area contributed by atoms with E-state index in [2.05, 4.69) is 26.3 Å². The maximum absolute atomic E-state index is 13.1. The van der Waals surface area contributed by atoms with Gasteiger partial charge in [-0.05, 0) is 59.8 Å². The van der Waals surface area contributed by atoms with Crippen molar-refractivity contribution >= 4 is 27.5 Å². The highest BCUT2D eigenvalue weighted by Crippen LogP contribution is 2.47. The van der Waals surface area contributed by atoms with Gasteiger partial charge in [0.1, 0.15) is 0 Å². The maximum Gasteiger partial charge on any atom is 0.436 e. The molecule has 0 atom stereocenters. The zero-order chi connectivity index (χ0) is 19.1. The first-order valence-corrected chi connectivity index (χ1v) is 9.17. The van der Waals surface area contributed by atoms with Crippen LogP contribution in [0.3, 0.4) is 0 Å². The highest BCUT2D eigenvalue weighted by molar-refractivity contribution is 9.10. The van der Waals surface area contributed by atoms with Crippen molar-refractivity contribution in [1.82, 2.24) is 9.78 Å². The Morgan fingerprint density at radius 1 is 1.35 bits per heavy atom. The summed E-state index contributed by atoms with van der Waals surface area (Å²) in [7, 11) is 0. The molecular formula is C18H19BrF3N3O. The second kappa shape index (κ2) is 7.06. The number of alkyl halides is 3. The minimum atomic E-state index is -4.52. The molecule has 0 radical (unpaired) electrons. The standard InChI is InChI=1S/C18H19BrF3N3O/c1-10-4-3-5-13(11(10)2)23-14(26)8-9-25-16(12-6-7-12)15(19)17(24-25)18(20,21)22/h3-5,12H,6-9H2,1-2H3,(H,23,26). The summed E-state index contributed by atoms with van der Waals surface area (Å²) in [5.74, 6) is -0.171. The minimum Gasteiger partial charge on any atom is -0.326 e. The Hall–Kier alpha value is -1.83. The number of hydrogen-bond acceptors (Lipinski definition) is 2. The van der Waals surface area contributed by atoms with Crippen LogP contribution in [-0.4, -0.2) is 15.7 Å². The molecule has 4 nitrogen and oxygen atoms in total. The van der Waals surface area contributed by atoms with Crippen LogP contribution in [0.1, 0.15) is 47.7 Å². The lowest BCUT2D eigenvalue weighted by atomic mass is 10.1. The number of aromatic nitrogens is 2. The van der Waals surface area contributed by atoms with Crippen LogP contribution < -0.4 is 5.32 Å². The number of nitrogens with zero attached hydrogens (tertiary/aromatic N) is 2. The number of carbonyl (C=O) groups is 1. The Morgan fingerprint density at radius 3 is 2.65 bits per heavy atom. The summed E-state index contributed by atoms with van der Waals surface area (Å²) in [6, 6.07) is 5.61. The molecule has 1 saturated carbocycles. The predicted octanol–water partition coefficient (Wildman–Crippen LogP) is 5.19. The van der Waals surface area contributed by atoms with Crippen molar-refractivity contribution in [2.45, 2.75) is 51.7 Å². The maximum atomic E-state index is 13.1. The summed E-state index contributed by atoms with van der Waals surface area (Å²) in [4.78, 5) is 12.2. The normalized spacial score (nSPS) is 14.5. The van der Waals surface area contributed by atoms with Gasteiger partial charge < -0.3 is 5.32 Å². The van der Waals surface area contributed by atoms with E-state index in [1.165, 1.54) is 4.68 Å². The van der Waals surface area contributed by atoms with Gasteiger partial charge in [0.2, 0.25) is 5.91 Å². The topological polar surface area (TPSA) is 46.9 Å². The molecule has 140 valence electrons. The van der Waals surface area contributed by atoms with Crippen LogP contribution in [0.25, 0.3) is 0 Å². The van der Waals surface area contributed by atoms with Crippen molar-refractivity contribution in [3.8, 4) is 0 Å². The number of rotatable bonds is 5. The Kier molecular flexibility index (Phi) is 5.14. The summed E-state index contributed by atoms with van der Waals surface area (Å²) in [6.07, 6.45) is -2.78. The molecule has 1 amide bonds. The molecule has 0 spiro atoms.